The minimum absolute atomic E-state index is 0.0285. The van der Waals surface area contributed by atoms with E-state index in [1.54, 1.807) is 0 Å². The summed E-state index contributed by atoms with van der Waals surface area (Å²) in [5.41, 5.74) is 0.918. The van der Waals surface area contributed by atoms with E-state index >= 15 is 0 Å². The third-order valence-corrected chi connectivity index (χ3v) is 3.05. The van der Waals surface area contributed by atoms with Gasteiger partial charge >= 0.3 is 6.09 Å². The second-order valence-electron chi connectivity index (χ2n) is 4.15. The lowest BCUT2D eigenvalue weighted by atomic mass is 10.0. The van der Waals surface area contributed by atoms with Crippen molar-refractivity contribution in [2.75, 3.05) is 12.4 Å². The molecule has 0 bridgehead atoms. The molecule has 0 spiro atoms. The van der Waals surface area contributed by atoms with E-state index < -0.39 is 6.09 Å². The summed E-state index contributed by atoms with van der Waals surface area (Å²) in [5.74, 6) is -0.339. The number of ketones is 1. The van der Waals surface area contributed by atoms with Crippen LogP contribution in [0, 0.1) is 5.92 Å². The summed E-state index contributed by atoms with van der Waals surface area (Å²) in [7, 11) is 0. The number of rotatable bonds is 7. The number of nitrogens with one attached hydrogen (secondary N) is 1. The van der Waals surface area contributed by atoms with Gasteiger partial charge in [0.15, 0.2) is 5.78 Å². The number of ether oxygens (including phenoxy) is 1. The van der Waals surface area contributed by atoms with Crippen molar-refractivity contribution in [2.24, 2.45) is 5.92 Å². The zero-order chi connectivity index (χ0) is 14.1. The number of hydrogen-bond acceptors (Lipinski definition) is 3. The SMILES string of the molecule is CCC(CNC(=O)OCc1ccccc1)C(=O)CCl. The van der Waals surface area contributed by atoms with E-state index in [1.807, 2.05) is 37.3 Å². The smallest absolute Gasteiger partial charge is 0.407 e. The summed E-state index contributed by atoms with van der Waals surface area (Å²) in [5, 5.41) is 2.58. The fourth-order valence-corrected chi connectivity index (χ4v) is 1.79. The van der Waals surface area contributed by atoms with Crippen LogP contribution in [0.25, 0.3) is 0 Å². The highest BCUT2D eigenvalue weighted by Crippen LogP contribution is 2.05. The zero-order valence-electron chi connectivity index (χ0n) is 10.9. The molecule has 0 aliphatic carbocycles. The second-order valence-corrected chi connectivity index (χ2v) is 4.42. The maximum absolute atomic E-state index is 11.5. The van der Waals surface area contributed by atoms with Crippen LogP contribution in [0.5, 0.6) is 0 Å². The number of hydrogen-bond donors (Lipinski definition) is 1. The minimum atomic E-state index is -0.523. The Morgan fingerprint density at radius 3 is 2.58 bits per heavy atom. The molecule has 19 heavy (non-hydrogen) atoms. The highest BCUT2D eigenvalue weighted by molar-refractivity contribution is 6.27. The normalized spacial score (nSPS) is 11.7. The fraction of sp³-hybridized carbons (Fsp3) is 0.429. The van der Waals surface area contributed by atoms with Crippen LogP contribution < -0.4 is 5.32 Å². The number of amides is 1. The molecule has 0 fully saturated rings. The molecule has 1 atom stereocenters. The first-order chi connectivity index (χ1) is 9.17. The molecule has 0 aliphatic heterocycles. The molecule has 4 nitrogen and oxygen atoms in total. The van der Waals surface area contributed by atoms with Gasteiger partial charge in [-0.2, -0.15) is 0 Å². The molecule has 1 aromatic rings. The van der Waals surface area contributed by atoms with Crippen molar-refractivity contribution >= 4 is 23.5 Å². The summed E-state index contributed by atoms with van der Waals surface area (Å²) in [6.45, 7) is 2.36. The molecule has 0 aliphatic rings. The topological polar surface area (TPSA) is 55.4 Å². The predicted octanol–water partition coefficient (Wildman–Crippen LogP) is 2.75. The molecule has 1 rings (SSSR count). The molecular weight excluding hydrogens is 266 g/mol. The molecule has 1 unspecified atom stereocenters. The van der Waals surface area contributed by atoms with Crippen LogP contribution in [0.1, 0.15) is 18.9 Å². The molecule has 1 amide bonds. The summed E-state index contributed by atoms with van der Waals surface area (Å²) in [6.07, 6.45) is 0.120. The van der Waals surface area contributed by atoms with E-state index in [1.165, 1.54) is 0 Å². The van der Waals surface area contributed by atoms with Crippen molar-refractivity contribution in [3.05, 3.63) is 35.9 Å². The maximum Gasteiger partial charge on any atom is 0.407 e. The van der Waals surface area contributed by atoms with E-state index in [0.717, 1.165) is 5.56 Å². The Hall–Kier alpha value is -1.55. The first-order valence-electron chi connectivity index (χ1n) is 6.20. The Morgan fingerprint density at radius 2 is 2.00 bits per heavy atom. The highest BCUT2D eigenvalue weighted by atomic mass is 35.5. The van der Waals surface area contributed by atoms with Crippen LogP contribution in [-0.2, 0) is 16.1 Å². The number of carbonyl (C=O) groups is 2. The van der Waals surface area contributed by atoms with Crippen molar-refractivity contribution < 1.29 is 14.3 Å². The molecule has 0 saturated carbocycles. The largest absolute Gasteiger partial charge is 0.445 e. The van der Waals surface area contributed by atoms with E-state index in [2.05, 4.69) is 5.32 Å². The molecule has 5 heteroatoms. The van der Waals surface area contributed by atoms with Gasteiger partial charge in [0.25, 0.3) is 0 Å². The number of halogens is 1. The van der Waals surface area contributed by atoms with E-state index in [0.29, 0.717) is 6.42 Å². The van der Waals surface area contributed by atoms with Gasteiger partial charge < -0.3 is 10.1 Å². The summed E-state index contributed by atoms with van der Waals surface area (Å²) in [4.78, 5) is 22.9. The van der Waals surface area contributed by atoms with Gasteiger partial charge in [-0.15, -0.1) is 11.6 Å². The predicted molar refractivity (Wildman–Crippen MR) is 74.1 cm³/mol. The Labute approximate surface area is 118 Å². The second kappa shape index (κ2) is 8.53. The lowest BCUT2D eigenvalue weighted by Crippen LogP contribution is -2.33. The Bertz CT molecular complexity index is 408. The first-order valence-corrected chi connectivity index (χ1v) is 6.74. The third-order valence-electron chi connectivity index (χ3n) is 2.79. The standard InChI is InChI=1S/C14H18ClNO3/c1-2-12(13(17)8-15)9-16-14(18)19-10-11-6-4-3-5-7-11/h3-7,12H,2,8-10H2,1H3,(H,16,18). The molecule has 104 valence electrons. The quantitative estimate of drug-likeness (QED) is 0.783. The molecule has 0 aromatic heterocycles. The Balaban J connectivity index is 2.29. The summed E-state index contributed by atoms with van der Waals surface area (Å²) in [6, 6.07) is 9.40. The van der Waals surface area contributed by atoms with Gasteiger partial charge in [-0.1, -0.05) is 37.3 Å². The van der Waals surface area contributed by atoms with Gasteiger partial charge in [-0.3, -0.25) is 4.79 Å². The number of alkyl carbamates (subject to hydrolysis) is 1. The molecular formula is C14H18ClNO3. The Morgan fingerprint density at radius 1 is 1.32 bits per heavy atom. The van der Waals surface area contributed by atoms with Crippen LogP contribution in [-0.4, -0.2) is 24.3 Å². The minimum Gasteiger partial charge on any atom is -0.445 e. The van der Waals surface area contributed by atoms with Crippen LogP contribution in [0.4, 0.5) is 4.79 Å². The van der Waals surface area contributed by atoms with Crippen LogP contribution >= 0.6 is 11.6 Å². The van der Waals surface area contributed by atoms with E-state index in [4.69, 9.17) is 16.3 Å². The first kappa shape index (κ1) is 15.5. The van der Waals surface area contributed by atoms with Crippen molar-refractivity contribution in [3.63, 3.8) is 0 Å². The Kier molecular flexibility index (Phi) is 6.97. The third kappa shape index (κ3) is 5.75. The average Bonchev–Trinajstić information content (AvgIpc) is 2.46. The van der Waals surface area contributed by atoms with Gasteiger partial charge in [0, 0.05) is 12.5 Å². The average molecular weight is 284 g/mol. The highest BCUT2D eigenvalue weighted by Gasteiger charge is 2.16. The van der Waals surface area contributed by atoms with E-state index in [-0.39, 0.29) is 30.7 Å². The summed E-state index contributed by atoms with van der Waals surface area (Å²) >= 11 is 5.49. The van der Waals surface area contributed by atoms with Crippen LogP contribution in [0.15, 0.2) is 30.3 Å². The summed E-state index contributed by atoms with van der Waals surface area (Å²) < 4.78 is 5.04. The van der Waals surface area contributed by atoms with E-state index in [9.17, 15) is 9.59 Å². The molecule has 0 heterocycles. The lowest BCUT2D eigenvalue weighted by molar-refractivity contribution is -0.120. The molecule has 0 radical (unpaired) electrons. The van der Waals surface area contributed by atoms with Crippen LogP contribution in [0.2, 0.25) is 0 Å². The van der Waals surface area contributed by atoms with Crippen molar-refractivity contribution in [1.82, 2.24) is 5.32 Å². The number of alkyl halides is 1. The monoisotopic (exact) mass is 283 g/mol. The fourth-order valence-electron chi connectivity index (χ4n) is 1.58. The van der Waals surface area contributed by atoms with Gasteiger partial charge in [-0.25, -0.2) is 4.79 Å². The zero-order valence-corrected chi connectivity index (χ0v) is 11.7. The maximum atomic E-state index is 11.5. The van der Waals surface area contributed by atoms with Crippen molar-refractivity contribution in [3.8, 4) is 0 Å². The molecule has 1 aromatic carbocycles. The van der Waals surface area contributed by atoms with Crippen molar-refractivity contribution in [1.29, 1.82) is 0 Å². The van der Waals surface area contributed by atoms with Crippen molar-refractivity contribution in [2.45, 2.75) is 20.0 Å². The lowest BCUT2D eigenvalue weighted by Gasteiger charge is -2.13. The van der Waals surface area contributed by atoms with Gasteiger partial charge in [0.1, 0.15) is 6.61 Å². The number of Topliss-reactive ketones (excluding diaryl/α,β-unsaturated/α-hetero) is 1. The number of benzene rings is 1. The molecule has 1 N–H and O–H groups in total. The van der Waals surface area contributed by atoms with Gasteiger partial charge in [0.2, 0.25) is 0 Å². The number of carbonyl (C=O) groups excluding carboxylic acids is 2. The van der Waals surface area contributed by atoms with Gasteiger partial charge in [-0.05, 0) is 12.0 Å². The van der Waals surface area contributed by atoms with Crippen LogP contribution in [0.3, 0.4) is 0 Å². The van der Waals surface area contributed by atoms with Gasteiger partial charge in [0.05, 0.1) is 5.88 Å². The molecule has 0 saturated heterocycles.